The highest BCUT2D eigenvalue weighted by atomic mass is 35.5. The predicted octanol–water partition coefficient (Wildman–Crippen LogP) is 3.67. The van der Waals surface area contributed by atoms with Crippen molar-refractivity contribution in [2.75, 3.05) is 7.11 Å². The number of carbonyl (C=O) groups is 2. The summed E-state index contributed by atoms with van der Waals surface area (Å²) >= 11 is 6.08. The van der Waals surface area contributed by atoms with Gasteiger partial charge in [0.25, 0.3) is 5.91 Å². The van der Waals surface area contributed by atoms with Gasteiger partial charge in [-0.05, 0) is 43.3 Å². The first-order valence-corrected chi connectivity index (χ1v) is 10.5. The minimum atomic E-state index is -0.810. The zero-order valence-corrected chi connectivity index (χ0v) is 18.5. The van der Waals surface area contributed by atoms with E-state index in [9.17, 15) is 9.59 Å². The number of benzene rings is 3. The number of hydrogen-bond acceptors (Lipinski definition) is 3. The van der Waals surface area contributed by atoms with Gasteiger partial charge in [-0.1, -0.05) is 53.6 Å². The maximum absolute atomic E-state index is 13.0. The number of hydrogen-bond donors (Lipinski definition) is 2. The van der Waals surface area contributed by atoms with Gasteiger partial charge in [0.2, 0.25) is 12.3 Å². The molecule has 3 aromatic rings. The van der Waals surface area contributed by atoms with Gasteiger partial charge in [0.1, 0.15) is 5.75 Å². The van der Waals surface area contributed by atoms with Crippen LogP contribution in [0.5, 0.6) is 5.75 Å². The van der Waals surface area contributed by atoms with Crippen molar-refractivity contribution in [3.63, 3.8) is 0 Å². The third-order valence-corrected chi connectivity index (χ3v) is 5.58. The van der Waals surface area contributed by atoms with E-state index in [1.165, 1.54) is 0 Å². The zero-order valence-electron chi connectivity index (χ0n) is 17.7. The summed E-state index contributed by atoms with van der Waals surface area (Å²) in [4.78, 5) is 25.9. The number of amides is 2. The van der Waals surface area contributed by atoms with Crippen LogP contribution in [0.1, 0.15) is 33.1 Å². The van der Waals surface area contributed by atoms with Gasteiger partial charge in [-0.15, -0.1) is 10.1 Å². The Morgan fingerprint density at radius 3 is 2.56 bits per heavy atom. The lowest BCUT2D eigenvalue weighted by Crippen LogP contribution is -2.42. The summed E-state index contributed by atoms with van der Waals surface area (Å²) in [5.74, 6) is 0.0490. The average molecular weight is 449 g/mol. The lowest BCUT2D eigenvalue weighted by atomic mass is 9.99. The molecule has 0 bridgehead atoms. The molecule has 0 aliphatic carbocycles. The molecule has 0 aromatic heterocycles. The Balaban J connectivity index is 1.73. The summed E-state index contributed by atoms with van der Waals surface area (Å²) in [7, 11) is 1.59. The number of nitrogens with one attached hydrogen (secondary N) is 2. The fraction of sp³-hybridized carbons (Fsp3) is 0.160. The standard InChI is InChI=1S/C25H22ClN3O3/c1-16-6-5-8-18(14-16)24(30)27-22-23(17-10-12-20(26)13-11-17)29(28-25(22)31)15-19-7-3-4-9-21(19)32-2/h3-15,22-23H,1-2H3,(H-,27,28,30,31)/p+1. The van der Waals surface area contributed by atoms with Gasteiger partial charge >= 0.3 is 5.91 Å². The fourth-order valence-electron chi connectivity index (χ4n) is 3.77. The van der Waals surface area contributed by atoms with E-state index < -0.39 is 12.1 Å². The van der Waals surface area contributed by atoms with Gasteiger partial charge in [0.05, 0.1) is 12.7 Å². The second kappa shape index (κ2) is 9.24. The molecule has 1 saturated heterocycles. The van der Waals surface area contributed by atoms with Crippen LogP contribution in [0.15, 0.2) is 72.8 Å². The Bertz CT molecular complexity index is 1190. The van der Waals surface area contributed by atoms with Gasteiger partial charge in [0.15, 0.2) is 6.04 Å². The summed E-state index contributed by atoms with van der Waals surface area (Å²) in [6, 6.07) is 20.7. The van der Waals surface area contributed by atoms with Crippen LogP contribution in [0.2, 0.25) is 5.02 Å². The Morgan fingerprint density at radius 1 is 1.09 bits per heavy atom. The lowest BCUT2D eigenvalue weighted by molar-refractivity contribution is -0.596. The highest BCUT2D eigenvalue weighted by Crippen LogP contribution is 2.27. The summed E-state index contributed by atoms with van der Waals surface area (Å²) in [6.07, 6.45) is 1.80. The number of para-hydroxylation sites is 1. The molecule has 7 heteroatoms. The fourth-order valence-corrected chi connectivity index (χ4v) is 3.90. The van der Waals surface area contributed by atoms with Crippen molar-refractivity contribution in [3.05, 3.63) is 100 Å². The molecule has 0 radical (unpaired) electrons. The molecular formula is C25H23ClN3O3+. The van der Waals surface area contributed by atoms with Crippen molar-refractivity contribution in [2.45, 2.75) is 19.0 Å². The van der Waals surface area contributed by atoms with E-state index in [0.29, 0.717) is 16.3 Å². The van der Waals surface area contributed by atoms with Crippen molar-refractivity contribution in [2.24, 2.45) is 0 Å². The van der Waals surface area contributed by atoms with Gasteiger partial charge in [-0.3, -0.25) is 9.59 Å². The van der Waals surface area contributed by atoms with Crippen LogP contribution in [-0.2, 0) is 4.79 Å². The van der Waals surface area contributed by atoms with Crippen LogP contribution in [-0.4, -0.2) is 35.9 Å². The van der Waals surface area contributed by atoms with Crippen molar-refractivity contribution >= 4 is 29.6 Å². The molecule has 3 aromatic carbocycles. The van der Waals surface area contributed by atoms with E-state index in [0.717, 1.165) is 16.7 Å². The van der Waals surface area contributed by atoms with E-state index in [1.54, 1.807) is 42.3 Å². The molecule has 32 heavy (non-hydrogen) atoms. The normalized spacial score (nSPS) is 19.0. The summed E-state index contributed by atoms with van der Waals surface area (Å²) in [5, 5.41) is 3.49. The maximum atomic E-state index is 13.0. The first-order chi connectivity index (χ1) is 15.5. The van der Waals surface area contributed by atoms with Gasteiger partial charge < -0.3 is 10.1 Å². The van der Waals surface area contributed by atoms with E-state index in [4.69, 9.17) is 16.3 Å². The summed E-state index contributed by atoms with van der Waals surface area (Å²) in [5.41, 5.74) is 5.96. The molecule has 1 heterocycles. The SMILES string of the molecule is COc1ccccc1C=[N+]1NC(=O)C(NC(=O)c2cccc(C)c2)C1c1ccc(Cl)cc1. The largest absolute Gasteiger partial charge is 0.496 e. The van der Waals surface area contributed by atoms with Crippen molar-refractivity contribution in [1.29, 1.82) is 0 Å². The number of hydrazone groups is 1. The van der Waals surface area contributed by atoms with Crippen LogP contribution in [0.3, 0.4) is 0 Å². The summed E-state index contributed by atoms with van der Waals surface area (Å²) < 4.78 is 7.14. The molecule has 162 valence electrons. The highest BCUT2D eigenvalue weighted by Gasteiger charge is 2.47. The first-order valence-electron chi connectivity index (χ1n) is 10.2. The number of carbonyl (C=O) groups excluding carboxylic acids is 2. The number of methoxy groups -OCH3 is 1. The third kappa shape index (κ3) is 4.50. The second-order valence-corrected chi connectivity index (χ2v) is 8.01. The third-order valence-electron chi connectivity index (χ3n) is 5.33. The number of rotatable bonds is 5. The predicted molar refractivity (Wildman–Crippen MR) is 123 cm³/mol. The van der Waals surface area contributed by atoms with E-state index in [-0.39, 0.29) is 11.8 Å². The monoisotopic (exact) mass is 448 g/mol. The van der Waals surface area contributed by atoms with Crippen LogP contribution in [0.25, 0.3) is 0 Å². The molecule has 6 nitrogen and oxygen atoms in total. The topological polar surface area (TPSA) is 70.4 Å². The van der Waals surface area contributed by atoms with Crippen molar-refractivity contribution in [1.82, 2.24) is 10.7 Å². The minimum absolute atomic E-state index is 0.308. The van der Waals surface area contributed by atoms with Crippen LogP contribution >= 0.6 is 11.6 Å². The van der Waals surface area contributed by atoms with Crippen LogP contribution in [0, 0.1) is 6.92 Å². The van der Waals surface area contributed by atoms with Crippen molar-refractivity contribution in [3.8, 4) is 5.75 Å². The second-order valence-electron chi connectivity index (χ2n) is 7.57. The van der Waals surface area contributed by atoms with Gasteiger partial charge in [-0.2, -0.15) is 0 Å². The molecule has 4 rings (SSSR count). The Labute approximate surface area is 191 Å². The Morgan fingerprint density at radius 2 is 1.84 bits per heavy atom. The molecule has 2 amide bonds. The van der Waals surface area contributed by atoms with E-state index >= 15 is 0 Å². The van der Waals surface area contributed by atoms with Crippen LogP contribution < -0.4 is 15.5 Å². The maximum Gasteiger partial charge on any atom is 0.304 e. The first kappa shape index (κ1) is 21.6. The molecule has 1 fully saturated rings. The molecule has 1 aliphatic heterocycles. The highest BCUT2D eigenvalue weighted by molar-refractivity contribution is 6.30. The number of aryl methyl sites for hydroxylation is 1. The number of hydrazine groups is 1. The van der Waals surface area contributed by atoms with Gasteiger partial charge in [-0.25, -0.2) is 0 Å². The minimum Gasteiger partial charge on any atom is -0.496 e. The molecule has 2 unspecified atom stereocenters. The number of ether oxygens (including phenoxy) is 1. The zero-order chi connectivity index (χ0) is 22.7. The molecule has 2 atom stereocenters. The molecule has 0 saturated carbocycles. The average Bonchev–Trinajstić information content (AvgIpc) is 3.09. The molecule has 0 spiro atoms. The molecular weight excluding hydrogens is 426 g/mol. The van der Waals surface area contributed by atoms with Crippen LogP contribution in [0.4, 0.5) is 0 Å². The van der Waals surface area contributed by atoms with Gasteiger partial charge in [0, 0.05) is 16.1 Å². The number of halogens is 1. The summed E-state index contributed by atoms with van der Waals surface area (Å²) in [6.45, 7) is 1.92. The molecule has 1 aliphatic rings. The quantitative estimate of drug-likeness (QED) is 0.585. The Hall–Kier alpha value is -3.64. The smallest absolute Gasteiger partial charge is 0.304 e. The van der Waals surface area contributed by atoms with E-state index in [1.807, 2.05) is 55.5 Å². The molecule has 2 N–H and O–H groups in total. The Kier molecular flexibility index (Phi) is 6.23. The van der Waals surface area contributed by atoms with E-state index in [2.05, 4.69) is 10.7 Å². The lowest BCUT2D eigenvalue weighted by Gasteiger charge is -2.15. The number of nitrogens with zero attached hydrogens (tertiary/aromatic N) is 1. The van der Waals surface area contributed by atoms with Crippen molar-refractivity contribution < 1.29 is 19.0 Å².